The third-order valence-corrected chi connectivity index (χ3v) is 6.15. The molecule has 3 rings (SSSR count). The van der Waals surface area contributed by atoms with Crippen molar-refractivity contribution in [2.24, 2.45) is 7.05 Å². The summed E-state index contributed by atoms with van der Waals surface area (Å²) in [5.74, 6) is 0.261. The van der Waals surface area contributed by atoms with Crippen LogP contribution in [0.3, 0.4) is 0 Å². The first-order chi connectivity index (χ1) is 14.0. The van der Waals surface area contributed by atoms with Crippen LogP contribution in [-0.2, 0) is 17.1 Å². The van der Waals surface area contributed by atoms with E-state index in [1.165, 1.54) is 12.3 Å². The first-order valence-electron chi connectivity index (χ1n) is 9.42. The van der Waals surface area contributed by atoms with E-state index in [0.29, 0.717) is 29.1 Å². The minimum absolute atomic E-state index is 0.111. The van der Waals surface area contributed by atoms with Crippen molar-refractivity contribution in [2.75, 3.05) is 12.3 Å². The summed E-state index contributed by atoms with van der Waals surface area (Å²) in [6, 6.07) is 6.61. The highest BCUT2D eigenvalue weighted by atomic mass is 32.2. The van der Waals surface area contributed by atoms with Gasteiger partial charge in [-0.15, -0.1) is 0 Å². The summed E-state index contributed by atoms with van der Waals surface area (Å²) < 4.78 is 29.6. The van der Waals surface area contributed by atoms with Gasteiger partial charge in [0.1, 0.15) is 5.69 Å². The SMILES string of the molecule is Cc1ccc(S(=O)(=O)NCCC(C)(C)O)cc1-c1cnc(N)c(-c2ccnn2C)n1. The highest BCUT2D eigenvalue weighted by molar-refractivity contribution is 7.89. The molecule has 0 saturated heterocycles. The molecule has 0 aliphatic carbocycles. The Morgan fingerprint density at radius 3 is 2.63 bits per heavy atom. The summed E-state index contributed by atoms with van der Waals surface area (Å²) in [5.41, 5.74) is 8.23. The van der Waals surface area contributed by atoms with Crippen LogP contribution in [0, 0.1) is 6.92 Å². The Kier molecular flexibility index (Phi) is 5.93. The quantitative estimate of drug-likeness (QED) is 0.520. The Labute approximate surface area is 176 Å². The maximum absolute atomic E-state index is 12.7. The fourth-order valence-corrected chi connectivity index (χ4v) is 4.00. The molecular formula is C20H26N6O3S. The van der Waals surface area contributed by atoms with Crippen LogP contribution in [0.4, 0.5) is 5.82 Å². The Balaban J connectivity index is 1.97. The Hall–Kier alpha value is -2.82. The smallest absolute Gasteiger partial charge is 0.240 e. The zero-order valence-corrected chi connectivity index (χ0v) is 18.2. The minimum atomic E-state index is -3.75. The van der Waals surface area contributed by atoms with Crippen molar-refractivity contribution in [1.82, 2.24) is 24.5 Å². The molecule has 0 unspecified atom stereocenters. The monoisotopic (exact) mass is 430 g/mol. The van der Waals surface area contributed by atoms with Gasteiger partial charge in [-0.3, -0.25) is 4.68 Å². The predicted octanol–water partition coefficient (Wildman–Crippen LogP) is 1.87. The lowest BCUT2D eigenvalue weighted by Crippen LogP contribution is -2.30. The molecule has 0 atom stereocenters. The summed E-state index contributed by atoms with van der Waals surface area (Å²) in [4.78, 5) is 8.98. The minimum Gasteiger partial charge on any atom is -0.390 e. The number of aliphatic hydroxyl groups is 1. The summed E-state index contributed by atoms with van der Waals surface area (Å²) in [5, 5.41) is 13.9. The maximum atomic E-state index is 12.7. The molecule has 2 aromatic heterocycles. The summed E-state index contributed by atoms with van der Waals surface area (Å²) in [7, 11) is -1.97. The Bertz CT molecular complexity index is 1170. The van der Waals surface area contributed by atoms with Gasteiger partial charge >= 0.3 is 0 Å². The van der Waals surface area contributed by atoms with Crippen LogP contribution < -0.4 is 10.5 Å². The van der Waals surface area contributed by atoms with E-state index in [1.54, 1.807) is 50.0 Å². The molecule has 0 radical (unpaired) electrons. The van der Waals surface area contributed by atoms with E-state index in [-0.39, 0.29) is 17.3 Å². The topological polar surface area (TPSA) is 136 Å². The number of nitrogen functional groups attached to an aromatic ring is 1. The fraction of sp³-hybridized carbons (Fsp3) is 0.350. The first-order valence-corrected chi connectivity index (χ1v) is 10.9. The molecule has 3 aromatic rings. The van der Waals surface area contributed by atoms with Crippen LogP contribution in [0.1, 0.15) is 25.8 Å². The van der Waals surface area contributed by atoms with Crippen molar-refractivity contribution in [3.8, 4) is 22.6 Å². The summed E-state index contributed by atoms with van der Waals surface area (Å²) >= 11 is 0. The van der Waals surface area contributed by atoms with Crippen LogP contribution in [0.5, 0.6) is 0 Å². The number of nitrogens with one attached hydrogen (secondary N) is 1. The predicted molar refractivity (Wildman–Crippen MR) is 115 cm³/mol. The summed E-state index contributed by atoms with van der Waals surface area (Å²) in [6.07, 6.45) is 3.46. The van der Waals surface area contributed by atoms with Gasteiger partial charge in [-0.2, -0.15) is 5.10 Å². The molecule has 2 heterocycles. The molecule has 10 heteroatoms. The lowest BCUT2D eigenvalue weighted by atomic mass is 10.1. The molecular weight excluding hydrogens is 404 g/mol. The number of aromatic nitrogens is 4. The van der Waals surface area contributed by atoms with Gasteiger partial charge in [-0.05, 0) is 51.0 Å². The van der Waals surface area contributed by atoms with E-state index in [9.17, 15) is 13.5 Å². The number of benzene rings is 1. The molecule has 160 valence electrons. The highest BCUT2D eigenvalue weighted by Gasteiger charge is 2.20. The number of anilines is 1. The zero-order chi connectivity index (χ0) is 22.1. The third-order valence-electron chi connectivity index (χ3n) is 4.69. The molecule has 0 saturated carbocycles. The number of nitrogens with zero attached hydrogens (tertiary/aromatic N) is 4. The lowest BCUT2D eigenvalue weighted by Gasteiger charge is -2.17. The lowest BCUT2D eigenvalue weighted by molar-refractivity contribution is 0.0728. The van der Waals surface area contributed by atoms with E-state index in [0.717, 1.165) is 5.56 Å². The van der Waals surface area contributed by atoms with Gasteiger partial charge in [-0.25, -0.2) is 23.1 Å². The van der Waals surface area contributed by atoms with E-state index in [1.807, 2.05) is 6.92 Å². The first kappa shape index (κ1) is 21.9. The highest BCUT2D eigenvalue weighted by Crippen LogP contribution is 2.29. The van der Waals surface area contributed by atoms with Crippen LogP contribution in [0.2, 0.25) is 0 Å². The van der Waals surface area contributed by atoms with E-state index in [4.69, 9.17) is 5.73 Å². The molecule has 0 spiro atoms. The Morgan fingerprint density at radius 1 is 1.27 bits per heavy atom. The molecule has 0 aliphatic rings. The zero-order valence-electron chi connectivity index (χ0n) is 17.4. The molecule has 1 aromatic carbocycles. The van der Waals surface area contributed by atoms with Gasteiger partial charge in [0, 0.05) is 25.4 Å². The molecule has 4 N–H and O–H groups in total. The number of rotatable bonds is 7. The van der Waals surface area contributed by atoms with Gasteiger partial charge < -0.3 is 10.8 Å². The fourth-order valence-electron chi connectivity index (χ4n) is 2.94. The number of hydrogen-bond donors (Lipinski definition) is 3. The number of sulfonamides is 1. The molecule has 9 nitrogen and oxygen atoms in total. The Morgan fingerprint density at radius 2 is 2.00 bits per heavy atom. The largest absolute Gasteiger partial charge is 0.390 e. The van der Waals surface area contributed by atoms with Crippen LogP contribution in [0.15, 0.2) is 41.6 Å². The molecule has 30 heavy (non-hydrogen) atoms. The summed E-state index contributed by atoms with van der Waals surface area (Å²) in [6.45, 7) is 5.26. The maximum Gasteiger partial charge on any atom is 0.240 e. The van der Waals surface area contributed by atoms with E-state index in [2.05, 4.69) is 19.8 Å². The van der Waals surface area contributed by atoms with Crippen LogP contribution in [0.25, 0.3) is 22.6 Å². The van der Waals surface area contributed by atoms with Crippen LogP contribution in [-0.4, -0.2) is 45.4 Å². The number of hydrogen-bond acceptors (Lipinski definition) is 7. The van der Waals surface area contributed by atoms with Crippen molar-refractivity contribution in [3.63, 3.8) is 0 Å². The molecule has 0 amide bonds. The average Bonchev–Trinajstić information content (AvgIpc) is 3.07. The van der Waals surface area contributed by atoms with Crippen LogP contribution >= 0.6 is 0 Å². The van der Waals surface area contributed by atoms with Crippen molar-refractivity contribution in [3.05, 3.63) is 42.2 Å². The van der Waals surface area contributed by atoms with Gasteiger partial charge in [0.15, 0.2) is 5.82 Å². The van der Waals surface area contributed by atoms with Crippen molar-refractivity contribution in [1.29, 1.82) is 0 Å². The molecule has 0 aliphatic heterocycles. The van der Waals surface area contributed by atoms with Crippen molar-refractivity contribution < 1.29 is 13.5 Å². The molecule has 0 bridgehead atoms. The molecule has 0 fully saturated rings. The van der Waals surface area contributed by atoms with E-state index < -0.39 is 15.6 Å². The second-order valence-corrected chi connectivity index (χ2v) is 9.53. The number of nitrogens with two attached hydrogens (primary N) is 1. The number of aryl methyl sites for hydroxylation is 2. The second kappa shape index (κ2) is 8.13. The normalized spacial score (nSPS) is 12.3. The van der Waals surface area contributed by atoms with Crippen molar-refractivity contribution >= 4 is 15.8 Å². The van der Waals surface area contributed by atoms with Gasteiger partial charge in [0.05, 0.1) is 28.1 Å². The second-order valence-electron chi connectivity index (χ2n) is 7.77. The van der Waals surface area contributed by atoms with Gasteiger partial charge in [-0.1, -0.05) is 6.07 Å². The third kappa shape index (κ3) is 4.84. The standard InChI is InChI=1S/C20H26N6O3S/c1-13-5-6-14(30(28,29)24-10-8-20(2,3)27)11-15(13)16-12-22-19(21)18(25-16)17-7-9-23-26(17)4/h5-7,9,11-12,24,27H,8,10H2,1-4H3,(H2,21,22). The van der Waals surface area contributed by atoms with Gasteiger partial charge in [0.2, 0.25) is 10.0 Å². The average molecular weight is 431 g/mol. The van der Waals surface area contributed by atoms with Crippen molar-refractivity contribution in [2.45, 2.75) is 37.7 Å². The van der Waals surface area contributed by atoms with E-state index >= 15 is 0 Å². The van der Waals surface area contributed by atoms with Gasteiger partial charge in [0.25, 0.3) is 0 Å².